The average Bonchev–Trinajstić information content (AvgIpc) is 3.34. The van der Waals surface area contributed by atoms with Crippen LogP contribution in [0.1, 0.15) is 37.2 Å². The normalized spacial score (nSPS) is 15.7. The molecule has 2 heterocycles. The number of rotatable bonds is 3. The Bertz CT molecular complexity index is 1150. The highest BCUT2D eigenvalue weighted by atomic mass is 32.1. The minimum atomic E-state index is -1.30. The summed E-state index contributed by atoms with van der Waals surface area (Å²) in [5, 5.41) is 4.28. The van der Waals surface area contributed by atoms with E-state index in [1.807, 2.05) is 11.3 Å². The molecule has 1 nitrogen and oxygen atoms in total. The van der Waals surface area contributed by atoms with E-state index in [1.54, 1.807) is 0 Å². The van der Waals surface area contributed by atoms with E-state index in [-0.39, 0.29) is 0 Å². The Labute approximate surface area is 172 Å². The first-order valence-electron chi connectivity index (χ1n) is 10.4. The summed E-state index contributed by atoms with van der Waals surface area (Å²) in [6, 6.07) is 18.3. The van der Waals surface area contributed by atoms with E-state index in [0.717, 1.165) is 11.6 Å². The van der Waals surface area contributed by atoms with Crippen LogP contribution in [-0.2, 0) is 0 Å². The number of thiophene rings is 1. The van der Waals surface area contributed by atoms with Crippen molar-refractivity contribution in [1.29, 1.82) is 0 Å². The molecule has 1 saturated carbocycles. The van der Waals surface area contributed by atoms with Gasteiger partial charge in [0.05, 0.1) is 13.8 Å². The number of nitrogens with zero attached hydrogens (tertiary/aromatic N) is 1. The minimum absolute atomic E-state index is 0.724. The molecule has 2 aromatic carbocycles. The SMILES string of the molecule is C[Si](C)(C)c1ccc2c(c1)sc1c(-c3ccc(C4CCCC4)cn3)cccc12. The molecule has 4 aromatic rings. The van der Waals surface area contributed by atoms with Crippen molar-refractivity contribution in [3.63, 3.8) is 0 Å². The Morgan fingerprint density at radius 1 is 0.929 bits per heavy atom. The van der Waals surface area contributed by atoms with Gasteiger partial charge in [0.1, 0.15) is 0 Å². The lowest BCUT2D eigenvalue weighted by Crippen LogP contribution is -2.37. The molecule has 3 heteroatoms. The van der Waals surface area contributed by atoms with Crippen molar-refractivity contribution < 1.29 is 0 Å². The van der Waals surface area contributed by atoms with Gasteiger partial charge in [-0.25, -0.2) is 0 Å². The molecule has 0 bridgehead atoms. The van der Waals surface area contributed by atoms with E-state index in [1.165, 1.54) is 62.2 Å². The Morgan fingerprint density at radius 2 is 1.75 bits per heavy atom. The van der Waals surface area contributed by atoms with Crippen molar-refractivity contribution in [3.05, 3.63) is 60.3 Å². The Morgan fingerprint density at radius 3 is 2.46 bits per heavy atom. The van der Waals surface area contributed by atoms with Crippen LogP contribution >= 0.6 is 11.3 Å². The van der Waals surface area contributed by atoms with Crippen molar-refractivity contribution >= 4 is 44.8 Å². The first-order chi connectivity index (χ1) is 13.5. The summed E-state index contributed by atoms with van der Waals surface area (Å²) in [6.45, 7) is 7.26. The second-order valence-corrected chi connectivity index (χ2v) is 15.3. The third kappa shape index (κ3) is 3.11. The van der Waals surface area contributed by atoms with E-state index < -0.39 is 8.07 Å². The van der Waals surface area contributed by atoms with Crippen molar-refractivity contribution in [3.8, 4) is 11.3 Å². The van der Waals surface area contributed by atoms with Gasteiger partial charge in [-0.15, -0.1) is 11.3 Å². The van der Waals surface area contributed by atoms with Crippen molar-refractivity contribution in [2.45, 2.75) is 51.2 Å². The Kier molecular flexibility index (Phi) is 4.40. The fourth-order valence-corrected chi connectivity index (χ4v) is 7.06. The second-order valence-electron chi connectivity index (χ2n) is 9.20. The predicted molar refractivity (Wildman–Crippen MR) is 127 cm³/mol. The molecule has 0 aliphatic heterocycles. The topological polar surface area (TPSA) is 12.9 Å². The van der Waals surface area contributed by atoms with Gasteiger partial charge in [0, 0.05) is 31.9 Å². The summed E-state index contributed by atoms with van der Waals surface area (Å²) in [4.78, 5) is 4.88. The van der Waals surface area contributed by atoms with Crippen molar-refractivity contribution in [2.24, 2.45) is 0 Å². The molecule has 1 aliphatic rings. The number of hydrogen-bond donors (Lipinski definition) is 0. The van der Waals surface area contributed by atoms with Crippen LogP contribution in [0.5, 0.6) is 0 Å². The standard InChI is InChI=1S/C25H27NSSi/c1-28(2,3)19-12-13-20-21-9-6-10-22(25(21)27-24(20)15-19)23-14-11-18(16-26-23)17-7-4-5-8-17/h6,9-17H,4-5,7-8H2,1-3H3. The molecular formula is C25H27NSSi. The molecule has 0 atom stereocenters. The molecule has 2 aromatic heterocycles. The smallest absolute Gasteiger partial charge is 0.0776 e. The van der Waals surface area contributed by atoms with Crippen LogP contribution in [-0.4, -0.2) is 13.1 Å². The molecule has 1 fully saturated rings. The molecule has 1 aliphatic carbocycles. The minimum Gasteiger partial charge on any atom is -0.256 e. The van der Waals surface area contributed by atoms with E-state index >= 15 is 0 Å². The van der Waals surface area contributed by atoms with Crippen LogP contribution in [0.4, 0.5) is 0 Å². The van der Waals surface area contributed by atoms with Crippen LogP contribution in [0.25, 0.3) is 31.4 Å². The van der Waals surface area contributed by atoms with Gasteiger partial charge in [0.2, 0.25) is 0 Å². The number of hydrogen-bond acceptors (Lipinski definition) is 2. The van der Waals surface area contributed by atoms with Crippen LogP contribution in [0.2, 0.25) is 19.6 Å². The maximum absolute atomic E-state index is 4.88. The molecule has 0 radical (unpaired) electrons. The van der Waals surface area contributed by atoms with Crippen LogP contribution in [0.15, 0.2) is 54.7 Å². The number of pyridine rings is 1. The van der Waals surface area contributed by atoms with Crippen LogP contribution in [0, 0.1) is 0 Å². The van der Waals surface area contributed by atoms with E-state index in [2.05, 4.69) is 74.4 Å². The number of fused-ring (bicyclic) bond motifs is 3. The van der Waals surface area contributed by atoms with Gasteiger partial charge in [0.25, 0.3) is 0 Å². The third-order valence-corrected chi connectivity index (χ3v) is 9.50. The number of benzene rings is 2. The predicted octanol–water partition coefficient (Wildman–Crippen LogP) is 7.32. The summed E-state index contributed by atoms with van der Waals surface area (Å²) >= 11 is 1.93. The monoisotopic (exact) mass is 401 g/mol. The van der Waals surface area contributed by atoms with Crippen molar-refractivity contribution in [2.75, 3.05) is 0 Å². The zero-order chi connectivity index (χ0) is 19.3. The molecular weight excluding hydrogens is 374 g/mol. The van der Waals surface area contributed by atoms with Gasteiger partial charge >= 0.3 is 0 Å². The van der Waals surface area contributed by atoms with Gasteiger partial charge < -0.3 is 0 Å². The van der Waals surface area contributed by atoms with Gasteiger partial charge in [-0.05, 0) is 36.5 Å². The van der Waals surface area contributed by atoms with E-state index in [9.17, 15) is 0 Å². The average molecular weight is 402 g/mol. The summed E-state index contributed by atoms with van der Waals surface area (Å²) in [6.07, 6.45) is 7.51. The maximum atomic E-state index is 4.88. The molecule has 142 valence electrons. The lowest BCUT2D eigenvalue weighted by Gasteiger charge is -2.16. The zero-order valence-electron chi connectivity index (χ0n) is 17.0. The first kappa shape index (κ1) is 18.1. The van der Waals surface area contributed by atoms with Gasteiger partial charge in [-0.3, -0.25) is 4.98 Å². The fourth-order valence-electron chi connectivity index (χ4n) is 4.53. The summed E-state index contributed by atoms with van der Waals surface area (Å²) in [5.41, 5.74) is 3.79. The maximum Gasteiger partial charge on any atom is 0.0776 e. The van der Waals surface area contributed by atoms with Crippen molar-refractivity contribution in [1.82, 2.24) is 4.98 Å². The molecule has 0 unspecified atom stereocenters. The molecule has 0 saturated heterocycles. The lowest BCUT2D eigenvalue weighted by atomic mass is 9.98. The third-order valence-electron chi connectivity index (χ3n) is 6.25. The summed E-state index contributed by atoms with van der Waals surface area (Å²) < 4.78 is 2.77. The summed E-state index contributed by atoms with van der Waals surface area (Å²) in [7, 11) is -1.30. The zero-order valence-corrected chi connectivity index (χ0v) is 18.8. The van der Waals surface area contributed by atoms with Gasteiger partial charge in [-0.1, -0.05) is 74.1 Å². The molecule has 28 heavy (non-hydrogen) atoms. The van der Waals surface area contributed by atoms with E-state index in [0.29, 0.717) is 0 Å². The first-order valence-corrected chi connectivity index (χ1v) is 14.7. The largest absolute Gasteiger partial charge is 0.256 e. The Balaban J connectivity index is 1.61. The van der Waals surface area contributed by atoms with Crippen LogP contribution in [0.3, 0.4) is 0 Å². The molecule has 5 rings (SSSR count). The number of aromatic nitrogens is 1. The quantitative estimate of drug-likeness (QED) is 0.328. The molecule has 0 N–H and O–H groups in total. The summed E-state index contributed by atoms with van der Waals surface area (Å²) in [5.74, 6) is 0.724. The van der Waals surface area contributed by atoms with Gasteiger partial charge in [-0.2, -0.15) is 0 Å². The van der Waals surface area contributed by atoms with E-state index in [4.69, 9.17) is 4.98 Å². The van der Waals surface area contributed by atoms with Crippen LogP contribution < -0.4 is 5.19 Å². The highest BCUT2D eigenvalue weighted by Gasteiger charge is 2.19. The highest BCUT2D eigenvalue weighted by molar-refractivity contribution is 7.26. The molecule has 0 spiro atoms. The fraction of sp³-hybridized carbons (Fsp3) is 0.320. The Hall–Kier alpha value is -1.97. The molecule has 0 amide bonds. The van der Waals surface area contributed by atoms with Gasteiger partial charge in [0.15, 0.2) is 0 Å². The lowest BCUT2D eigenvalue weighted by molar-refractivity contribution is 0.719. The second kappa shape index (κ2) is 6.82. The highest BCUT2D eigenvalue weighted by Crippen LogP contribution is 2.40.